The highest BCUT2D eigenvalue weighted by atomic mass is 19.1. The van der Waals surface area contributed by atoms with Crippen LogP contribution in [-0.4, -0.2) is 169 Å². The van der Waals surface area contributed by atoms with Crippen molar-refractivity contribution in [3.05, 3.63) is 121 Å². The van der Waals surface area contributed by atoms with Crippen LogP contribution in [-0.2, 0) is 9.47 Å². The molecule has 25 heteroatoms. The summed E-state index contributed by atoms with van der Waals surface area (Å²) in [5, 5.41) is 19.6. The molecule has 6 aromatic rings. The highest BCUT2D eigenvalue weighted by Gasteiger charge is 2.33. The molecule has 0 aliphatic carbocycles. The van der Waals surface area contributed by atoms with Crippen LogP contribution in [0.3, 0.4) is 0 Å². The Balaban J connectivity index is 0.691. The number of pyridine rings is 2. The van der Waals surface area contributed by atoms with Gasteiger partial charge in [0.2, 0.25) is 11.9 Å². The molecule has 4 saturated heterocycles. The molecule has 2 atom stereocenters. The number of morpholine rings is 2. The zero-order valence-corrected chi connectivity index (χ0v) is 41.0. The number of hydrogen-bond donors (Lipinski definition) is 8. The lowest BCUT2D eigenvalue weighted by Gasteiger charge is -2.42. The SMILES string of the molecule is O=C(NNc1ncc(F)c(N2CCOCC2)n1)c1ccc(Nc2cccc(N3CCNC(C4CN(c5nc(NNC(=O)c6ccc(Nc7cccc(N8CCN(CCO)CC8)c7)cn6)ncc5F)CCO4)C3)c2)cn1. The number of nitrogens with zero attached hydrogens (tertiary/aromatic N) is 11. The van der Waals surface area contributed by atoms with Crippen molar-refractivity contribution in [3.63, 3.8) is 0 Å². The maximum atomic E-state index is 15.4. The first-order valence-corrected chi connectivity index (χ1v) is 24.8. The van der Waals surface area contributed by atoms with Gasteiger partial charge in [-0.25, -0.2) is 28.7 Å². The van der Waals surface area contributed by atoms with Gasteiger partial charge in [0, 0.05) is 101 Å². The number of aromatic nitrogens is 6. The summed E-state index contributed by atoms with van der Waals surface area (Å²) in [4.78, 5) is 61.8. The van der Waals surface area contributed by atoms with Gasteiger partial charge < -0.3 is 50.1 Å². The number of nitrogens with one attached hydrogen (secondary N) is 7. The minimum absolute atomic E-state index is 0.00764. The average Bonchev–Trinajstić information content (AvgIpc) is 3.45. The Morgan fingerprint density at radius 1 is 0.613 bits per heavy atom. The van der Waals surface area contributed by atoms with Crippen molar-refractivity contribution in [2.45, 2.75) is 12.1 Å². The molecular formula is C50H58F2N18O5. The fourth-order valence-corrected chi connectivity index (χ4v) is 9.25. The molecule has 23 nitrogen and oxygen atoms in total. The number of hydrazine groups is 2. The zero-order chi connectivity index (χ0) is 51.5. The molecule has 4 aromatic heterocycles. The topological polar surface area (TPSA) is 251 Å². The molecule has 2 unspecified atom stereocenters. The Bertz CT molecular complexity index is 2900. The number of anilines is 10. The first kappa shape index (κ1) is 50.4. The molecule has 0 saturated carbocycles. The van der Waals surface area contributed by atoms with Gasteiger partial charge in [-0.3, -0.25) is 36.2 Å². The molecule has 0 spiro atoms. The summed E-state index contributed by atoms with van der Waals surface area (Å²) >= 11 is 0. The summed E-state index contributed by atoms with van der Waals surface area (Å²) in [5.41, 5.74) is 15.9. The molecule has 0 bridgehead atoms. The Kier molecular flexibility index (Phi) is 16.0. The summed E-state index contributed by atoms with van der Waals surface area (Å²) in [6, 6.07) is 22.7. The summed E-state index contributed by atoms with van der Waals surface area (Å²) in [5.74, 6) is -1.97. The van der Waals surface area contributed by atoms with E-state index in [4.69, 9.17) is 9.47 Å². The third-order valence-electron chi connectivity index (χ3n) is 13.2. The van der Waals surface area contributed by atoms with E-state index in [0.29, 0.717) is 77.0 Å². The van der Waals surface area contributed by atoms with Gasteiger partial charge in [-0.1, -0.05) is 12.1 Å². The highest BCUT2D eigenvalue weighted by molar-refractivity contribution is 5.93. The van der Waals surface area contributed by atoms with Gasteiger partial charge in [0.15, 0.2) is 23.3 Å². The van der Waals surface area contributed by atoms with Crippen LogP contribution >= 0.6 is 0 Å². The number of carbonyl (C=O) groups is 2. The Morgan fingerprint density at radius 3 is 1.76 bits per heavy atom. The lowest BCUT2D eigenvalue weighted by Crippen LogP contribution is -2.60. The predicted octanol–water partition coefficient (Wildman–Crippen LogP) is 2.97. The fraction of sp³-hybridized carbons (Fsp3) is 0.360. The molecule has 75 heavy (non-hydrogen) atoms. The second-order valence-corrected chi connectivity index (χ2v) is 18.1. The number of hydrogen-bond acceptors (Lipinski definition) is 21. The second kappa shape index (κ2) is 23.8. The van der Waals surface area contributed by atoms with Crippen molar-refractivity contribution < 1.29 is 33.0 Å². The number of amides is 2. The first-order valence-electron chi connectivity index (χ1n) is 24.8. The summed E-state index contributed by atoms with van der Waals surface area (Å²) in [7, 11) is 0. The van der Waals surface area contributed by atoms with Gasteiger partial charge in [0.1, 0.15) is 11.4 Å². The van der Waals surface area contributed by atoms with Gasteiger partial charge in [0.25, 0.3) is 11.8 Å². The van der Waals surface area contributed by atoms with E-state index >= 15 is 4.39 Å². The van der Waals surface area contributed by atoms with E-state index in [-0.39, 0.29) is 53.7 Å². The molecule has 2 aromatic carbocycles. The largest absolute Gasteiger partial charge is 0.395 e. The van der Waals surface area contributed by atoms with E-state index in [9.17, 15) is 19.1 Å². The van der Waals surface area contributed by atoms with E-state index in [1.54, 1.807) is 41.6 Å². The maximum Gasteiger partial charge on any atom is 0.288 e. The van der Waals surface area contributed by atoms with Gasteiger partial charge in [-0.2, -0.15) is 9.97 Å². The number of benzene rings is 2. The second-order valence-electron chi connectivity index (χ2n) is 18.1. The van der Waals surface area contributed by atoms with Crippen LogP contribution in [0.4, 0.5) is 66.4 Å². The molecule has 2 amide bonds. The molecule has 392 valence electrons. The number of halogens is 2. The monoisotopic (exact) mass is 1030 g/mol. The van der Waals surface area contributed by atoms with E-state index < -0.39 is 23.4 Å². The maximum absolute atomic E-state index is 15.4. The highest BCUT2D eigenvalue weighted by Crippen LogP contribution is 2.28. The summed E-state index contributed by atoms with van der Waals surface area (Å²) < 4.78 is 41.5. The molecule has 4 aliphatic heterocycles. The van der Waals surface area contributed by atoms with Gasteiger partial charge in [0.05, 0.1) is 74.7 Å². The van der Waals surface area contributed by atoms with Crippen molar-refractivity contribution >= 4 is 69.5 Å². The van der Waals surface area contributed by atoms with E-state index in [1.807, 2.05) is 41.3 Å². The lowest BCUT2D eigenvalue weighted by atomic mass is 10.1. The summed E-state index contributed by atoms with van der Waals surface area (Å²) in [6.45, 7) is 9.45. The van der Waals surface area contributed by atoms with E-state index in [0.717, 1.165) is 67.9 Å². The number of rotatable bonds is 17. The van der Waals surface area contributed by atoms with E-state index in [1.165, 1.54) is 0 Å². The quantitative estimate of drug-likeness (QED) is 0.0612. The number of aliphatic hydroxyl groups excluding tert-OH is 1. The van der Waals surface area contributed by atoms with Crippen molar-refractivity contribution in [1.82, 2.24) is 51.0 Å². The lowest BCUT2D eigenvalue weighted by molar-refractivity contribution is 0.0140. The minimum Gasteiger partial charge on any atom is -0.395 e. The Morgan fingerprint density at radius 2 is 1.19 bits per heavy atom. The van der Waals surface area contributed by atoms with Crippen molar-refractivity contribution in [2.24, 2.45) is 0 Å². The molecule has 8 heterocycles. The average molecular weight is 1030 g/mol. The Hall–Kier alpha value is -8.10. The molecule has 4 aliphatic rings. The number of aliphatic hydroxyl groups is 1. The molecule has 10 rings (SSSR count). The van der Waals surface area contributed by atoms with Crippen LogP contribution in [0.5, 0.6) is 0 Å². The van der Waals surface area contributed by atoms with Crippen LogP contribution in [0.2, 0.25) is 0 Å². The van der Waals surface area contributed by atoms with Crippen LogP contribution in [0.25, 0.3) is 0 Å². The van der Waals surface area contributed by atoms with Crippen LogP contribution in [0.1, 0.15) is 21.0 Å². The normalized spacial score (nSPS) is 18.3. The van der Waals surface area contributed by atoms with Gasteiger partial charge in [-0.15, -0.1) is 0 Å². The minimum atomic E-state index is -0.605. The number of carbonyl (C=O) groups excluding carboxylic acids is 2. The molecule has 8 N–H and O–H groups in total. The Labute approximate surface area is 431 Å². The predicted molar refractivity (Wildman–Crippen MR) is 279 cm³/mol. The number of piperazine rings is 2. The molecule has 4 fully saturated rings. The van der Waals surface area contributed by atoms with Crippen LogP contribution < -0.4 is 57.3 Å². The smallest absolute Gasteiger partial charge is 0.288 e. The van der Waals surface area contributed by atoms with Gasteiger partial charge >= 0.3 is 0 Å². The number of ether oxygens (including phenoxy) is 2. The summed E-state index contributed by atoms with van der Waals surface area (Å²) in [6.07, 6.45) is 4.96. The third kappa shape index (κ3) is 12.8. The third-order valence-corrected chi connectivity index (χ3v) is 13.2. The van der Waals surface area contributed by atoms with Crippen LogP contribution in [0.15, 0.2) is 97.6 Å². The van der Waals surface area contributed by atoms with Crippen molar-refractivity contribution in [2.75, 3.05) is 146 Å². The standard InChI is InChI=1S/C50H58F2N18O5/c51-39-29-56-49(60-45(39)68-18-22-74-23-19-68)64-62-47(72)41-10-8-36(28-55-41)59-34-4-2-6-38(26-34)69-12-11-53-43(31-69)44-32-70(20-24-75-44)46-40(52)30-57-50(61-46)65-63-48(73)42-9-7-35(27-54-42)58-33-3-1-5-37(25-33)67-15-13-66(14-16-67)17-21-71/h1-10,25-30,43-44,53,58-59,71H,11-24,31-32H2,(H,62,72)(H,63,73)(H,56,60,64)(H,57,61,65). The molecular weight excluding hydrogens is 971 g/mol. The van der Waals surface area contributed by atoms with Crippen LogP contribution in [0, 0.1) is 11.6 Å². The van der Waals surface area contributed by atoms with Crippen molar-refractivity contribution in [1.29, 1.82) is 0 Å². The van der Waals surface area contributed by atoms with Gasteiger partial charge in [-0.05, 0) is 60.7 Å². The fourth-order valence-electron chi connectivity index (χ4n) is 9.25. The number of β-amino-alcohol motifs (C(OH)–C–C–N with tert-alkyl or cyclic N) is 1. The first-order chi connectivity index (χ1) is 36.7. The molecule has 0 radical (unpaired) electrons. The zero-order valence-electron chi connectivity index (χ0n) is 41.0. The van der Waals surface area contributed by atoms with E-state index in [2.05, 4.69) is 94.4 Å². The van der Waals surface area contributed by atoms with Crippen molar-refractivity contribution in [3.8, 4) is 0 Å².